The second-order valence-corrected chi connectivity index (χ2v) is 4.71. The molecule has 0 aromatic heterocycles. The van der Waals surface area contributed by atoms with Gasteiger partial charge in [0, 0.05) is 13.1 Å². The molecule has 16 heavy (non-hydrogen) atoms. The van der Waals surface area contributed by atoms with Gasteiger partial charge in [-0.05, 0) is 20.3 Å². The maximum absolute atomic E-state index is 11.8. The first-order valence-electron chi connectivity index (χ1n) is 6.60. The van der Waals surface area contributed by atoms with Gasteiger partial charge < -0.3 is 4.90 Å². The van der Waals surface area contributed by atoms with Crippen molar-refractivity contribution in [3.05, 3.63) is 0 Å². The fourth-order valence-corrected chi connectivity index (χ4v) is 2.08. The van der Waals surface area contributed by atoms with Crippen molar-refractivity contribution in [2.24, 2.45) is 0 Å². The molecule has 0 radical (unpaired) electrons. The summed E-state index contributed by atoms with van der Waals surface area (Å²) in [6.45, 7) is 7.70. The van der Waals surface area contributed by atoms with Crippen molar-refractivity contribution in [2.45, 2.75) is 64.7 Å². The molecule has 0 aliphatic rings. The van der Waals surface area contributed by atoms with Crippen molar-refractivity contribution in [3.8, 4) is 0 Å². The summed E-state index contributed by atoms with van der Waals surface area (Å²) >= 11 is 6.11. The number of amides is 1. The topological polar surface area (TPSA) is 20.3 Å². The van der Waals surface area contributed by atoms with Gasteiger partial charge in [-0.25, -0.2) is 0 Å². The lowest BCUT2D eigenvalue weighted by atomic mass is 10.1. The van der Waals surface area contributed by atoms with Gasteiger partial charge in [-0.15, -0.1) is 11.6 Å². The number of hydrogen-bond acceptors (Lipinski definition) is 1. The first-order chi connectivity index (χ1) is 7.67. The van der Waals surface area contributed by atoms with E-state index < -0.39 is 0 Å². The molecule has 0 spiro atoms. The highest BCUT2D eigenvalue weighted by atomic mass is 35.5. The van der Waals surface area contributed by atoms with Gasteiger partial charge in [-0.2, -0.15) is 0 Å². The van der Waals surface area contributed by atoms with Gasteiger partial charge in [-0.1, -0.05) is 39.0 Å². The SMILES string of the molecule is CCCCCCCC(Cl)C(=O)N(CC)CC. The molecule has 0 N–H and O–H groups in total. The van der Waals surface area contributed by atoms with E-state index in [0.717, 1.165) is 25.9 Å². The lowest BCUT2D eigenvalue weighted by Crippen LogP contribution is -2.36. The highest BCUT2D eigenvalue weighted by Gasteiger charge is 2.19. The fourth-order valence-electron chi connectivity index (χ4n) is 1.78. The zero-order valence-electron chi connectivity index (χ0n) is 11.0. The number of halogens is 1. The molecule has 0 heterocycles. The molecule has 2 nitrogen and oxygen atoms in total. The second kappa shape index (κ2) is 9.95. The standard InChI is InChI=1S/C13H26ClNO/c1-4-7-8-9-10-11-12(14)13(16)15(5-2)6-3/h12H,4-11H2,1-3H3. The minimum absolute atomic E-state index is 0.0992. The van der Waals surface area contributed by atoms with Crippen LogP contribution in [0.3, 0.4) is 0 Å². The van der Waals surface area contributed by atoms with Gasteiger partial charge in [0.15, 0.2) is 0 Å². The number of unbranched alkanes of at least 4 members (excludes halogenated alkanes) is 4. The fraction of sp³-hybridized carbons (Fsp3) is 0.923. The van der Waals surface area contributed by atoms with Crippen LogP contribution >= 0.6 is 11.6 Å². The highest BCUT2D eigenvalue weighted by molar-refractivity contribution is 6.30. The summed E-state index contributed by atoms with van der Waals surface area (Å²) in [7, 11) is 0. The van der Waals surface area contributed by atoms with E-state index in [1.165, 1.54) is 25.7 Å². The molecule has 0 bridgehead atoms. The quantitative estimate of drug-likeness (QED) is 0.448. The lowest BCUT2D eigenvalue weighted by molar-refractivity contribution is -0.130. The molecular weight excluding hydrogens is 222 g/mol. The van der Waals surface area contributed by atoms with Crippen LogP contribution in [0.15, 0.2) is 0 Å². The van der Waals surface area contributed by atoms with Crippen molar-refractivity contribution in [1.29, 1.82) is 0 Å². The predicted molar refractivity (Wildman–Crippen MR) is 70.9 cm³/mol. The second-order valence-electron chi connectivity index (χ2n) is 4.18. The molecule has 0 aromatic rings. The molecule has 1 amide bonds. The minimum Gasteiger partial charge on any atom is -0.342 e. The van der Waals surface area contributed by atoms with E-state index >= 15 is 0 Å². The Hall–Kier alpha value is -0.240. The molecule has 1 unspecified atom stereocenters. The summed E-state index contributed by atoms with van der Waals surface area (Å²) < 4.78 is 0. The van der Waals surface area contributed by atoms with Gasteiger partial charge in [0.2, 0.25) is 5.91 Å². The van der Waals surface area contributed by atoms with Crippen LogP contribution in [0, 0.1) is 0 Å². The van der Waals surface area contributed by atoms with Gasteiger partial charge in [-0.3, -0.25) is 4.79 Å². The zero-order chi connectivity index (χ0) is 12.4. The number of alkyl halides is 1. The van der Waals surface area contributed by atoms with E-state index in [4.69, 9.17) is 11.6 Å². The Bertz CT molecular complexity index is 181. The maximum atomic E-state index is 11.8. The Morgan fingerprint density at radius 1 is 1.06 bits per heavy atom. The first kappa shape index (κ1) is 15.8. The third kappa shape index (κ3) is 6.37. The summed E-state index contributed by atoms with van der Waals surface area (Å²) in [5.74, 6) is 0.0992. The van der Waals surface area contributed by atoms with E-state index in [-0.39, 0.29) is 11.3 Å². The number of carbonyl (C=O) groups excluding carboxylic acids is 1. The third-order valence-electron chi connectivity index (χ3n) is 2.90. The molecule has 96 valence electrons. The van der Waals surface area contributed by atoms with E-state index in [0.29, 0.717) is 0 Å². The van der Waals surface area contributed by atoms with Gasteiger partial charge in [0.1, 0.15) is 5.38 Å². The Morgan fingerprint density at radius 3 is 2.12 bits per heavy atom. The Labute approximate surface area is 105 Å². The number of nitrogens with zero attached hydrogens (tertiary/aromatic N) is 1. The van der Waals surface area contributed by atoms with E-state index in [9.17, 15) is 4.79 Å². The van der Waals surface area contributed by atoms with Crippen LogP contribution < -0.4 is 0 Å². The van der Waals surface area contributed by atoms with Crippen molar-refractivity contribution >= 4 is 17.5 Å². The molecular formula is C13H26ClNO. The highest BCUT2D eigenvalue weighted by Crippen LogP contribution is 2.13. The number of hydrogen-bond donors (Lipinski definition) is 0. The first-order valence-corrected chi connectivity index (χ1v) is 7.03. The zero-order valence-corrected chi connectivity index (χ0v) is 11.7. The molecule has 1 atom stereocenters. The van der Waals surface area contributed by atoms with Crippen LogP contribution in [-0.4, -0.2) is 29.3 Å². The molecule has 0 saturated carbocycles. The van der Waals surface area contributed by atoms with Crippen LogP contribution in [0.2, 0.25) is 0 Å². The average molecular weight is 248 g/mol. The Kier molecular flexibility index (Phi) is 9.80. The maximum Gasteiger partial charge on any atom is 0.240 e. The van der Waals surface area contributed by atoms with Gasteiger partial charge in [0.05, 0.1) is 0 Å². The largest absolute Gasteiger partial charge is 0.342 e. The summed E-state index contributed by atoms with van der Waals surface area (Å²) in [4.78, 5) is 13.6. The predicted octanol–water partition coefficient (Wildman–Crippen LogP) is 3.82. The van der Waals surface area contributed by atoms with Crippen LogP contribution in [0.4, 0.5) is 0 Å². The van der Waals surface area contributed by atoms with Crippen LogP contribution in [0.5, 0.6) is 0 Å². The summed E-state index contributed by atoms with van der Waals surface area (Å²) in [6.07, 6.45) is 6.89. The van der Waals surface area contributed by atoms with Crippen LogP contribution in [0.25, 0.3) is 0 Å². The van der Waals surface area contributed by atoms with Crippen LogP contribution in [-0.2, 0) is 4.79 Å². The van der Waals surface area contributed by atoms with Crippen molar-refractivity contribution < 1.29 is 4.79 Å². The lowest BCUT2D eigenvalue weighted by Gasteiger charge is -2.21. The average Bonchev–Trinajstić information content (AvgIpc) is 2.30. The molecule has 0 saturated heterocycles. The summed E-state index contributed by atoms with van der Waals surface area (Å²) in [5.41, 5.74) is 0. The molecule has 0 aliphatic heterocycles. The smallest absolute Gasteiger partial charge is 0.240 e. The summed E-state index contributed by atoms with van der Waals surface area (Å²) in [6, 6.07) is 0. The Morgan fingerprint density at radius 2 is 1.62 bits per heavy atom. The normalized spacial score (nSPS) is 12.5. The molecule has 0 fully saturated rings. The monoisotopic (exact) mass is 247 g/mol. The van der Waals surface area contributed by atoms with E-state index in [1.54, 1.807) is 0 Å². The molecule has 0 aromatic carbocycles. The van der Waals surface area contributed by atoms with Crippen molar-refractivity contribution in [2.75, 3.05) is 13.1 Å². The molecule has 0 aliphatic carbocycles. The van der Waals surface area contributed by atoms with E-state index in [2.05, 4.69) is 6.92 Å². The van der Waals surface area contributed by atoms with Crippen LogP contribution in [0.1, 0.15) is 59.3 Å². The third-order valence-corrected chi connectivity index (χ3v) is 3.31. The Balaban J connectivity index is 3.70. The number of carbonyl (C=O) groups is 1. The molecule has 0 rings (SSSR count). The van der Waals surface area contributed by atoms with Crippen molar-refractivity contribution in [3.63, 3.8) is 0 Å². The number of rotatable bonds is 9. The molecule has 3 heteroatoms. The van der Waals surface area contributed by atoms with E-state index in [1.807, 2.05) is 18.7 Å². The van der Waals surface area contributed by atoms with Crippen molar-refractivity contribution in [1.82, 2.24) is 4.90 Å². The van der Waals surface area contributed by atoms with Gasteiger partial charge >= 0.3 is 0 Å². The minimum atomic E-state index is -0.318. The van der Waals surface area contributed by atoms with Gasteiger partial charge in [0.25, 0.3) is 0 Å². The summed E-state index contributed by atoms with van der Waals surface area (Å²) in [5, 5.41) is -0.318.